The number of benzene rings is 4. The van der Waals surface area contributed by atoms with Gasteiger partial charge in [-0.2, -0.15) is 0 Å². The van der Waals surface area contributed by atoms with Gasteiger partial charge in [-0.1, -0.05) is 83.9 Å². The summed E-state index contributed by atoms with van der Waals surface area (Å²) in [6.07, 6.45) is 0. The first-order valence-corrected chi connectivity index (χ1v) is 12.0. The Bertz CT molecular complexity index is 1740. The Hall–Kier alpha value is -5.10. The molecule has 6 heteroatoms. The Labute approximate surface area is 217 Å². The lowest BCUT2D eigenvalue weighted by Crippen LogP contribution is -2.02. The van der Waals surface area contributed by atoms with Gasteiger partial charge in [0.1, 0.15) is 11.2 Å². The standard InChI is InChI=1S/2C16H12O3/c2*1-10-7-8-13-12(9-10)14(17)15(18)16(19-13)11-5-3-2-4-6-11/h2*2-9,18H,1H3. The van der Waals surface area contributed by atoms with Gasteiger partial charge >= 0.3 is 0 Å². The van der Waals surface area contributed by atoms with Gasteiger partial charge in [0.15, 0.2) is 11.5 Å². The van der Waals surface area contributed by atoms with Gasteiger partial charge in [-0.25, -0.2) is 0 Å². The van der Waals surface area contributed by atoms with Crippen molar-refractivity contribution in [3.8, 4) is 34.1 Å². The van der Waals surface area contributed by atoms with Crippen LogP contribution >= 0.6 is 0 Å². The maximum Gasteiger partial charge on any atom is 0.235 e. The second kappa shape index (κ2) is 10.1. The largest absolute Gasteiger partial charge is 0.502 e. The van der Waals surface area contributed by atoms with Crippen LogP contribution < -0.4 is 10.9 Å². The third-order valence-electron chi connectivity index (χ3n) is 6.12. The lowest BCUT2D eigenvalue weighted by atomic mass is 10.1. The smallest absolute Gasteiger partial charge is 0.235 e. The van der Waals surface area contributed by atoms with Crippen molar-refractivity contribution in [1.29, 1.82) is 0 Å². The van der Waals surface area contributed by atoms with E-state index in [2.05, 4.69) is 0 Å². The Morgan fingerprint density at radius 2 is 0.895 bits per heavy atom. The van der Waals surface area contributed by atoms with Crippen molar-refractivity contribution in [2.24, 2.45) is 0 Å². The monoisotopic (exact) mass is 504 g/mol. The van der Waals surface area contributed by atoms with E-state index in [4.69, 9.17) is 8.83 Å². The van der Waals surface area contributed by atoms with Crippen LogP contribution in [0.3, 0.4) is 0 Å². The quantitative estimate of drug-likeness (QED) is 0.265. The molecule has 0 atom stereocenters. The van der Waals surface area contributed by atoms with E-state index in [-0.39, 0.29) is 23.0 Å². The van der Waals surface area contributed by atoms with Crippen LogP contribution in [0, 0.1) is 13.8 Å². The van der Waals surface area contributed by atoms with Crippen LogP contribution in [-0.4, -0.2) is 10.2 Å². The summed E-state index contributed by atoms with van der Waals surface area (Å²) in [5.41, 5.74) is 3.42. The Morgan fingerprint density at radius 1 is 0.526 bits per heavy atom. The summed E-state index contributed by atoms with van der Waals surface area (Å²) in [6, 6.07) is 28.9. The van der Waals surface area contributed by atoms with Crippen molar-refractivity contribution in [3.63, 3.8) is 0 Å². The van der Waals surface area contributed by atoms with Crippen molar-refractivity contribution in [1.82, 2.24) is 0 Å². The second-order valence-corrected chi connectivity index (χ2v) is 8.95. The number of aromatic hydroxyl groups is 2. The highest BCUT2D eigenvalue weighted by atomic mass is 16.4. The molecule has 6 nitrogen and oxygen atoms in total. The molecule has 6 rings (SSSR count). The van der Waals surface area contributed by atoms with Crippen LogP contribution in [0.4, 0.5) is 0 Å². The van der Waals surface area contributed by atoms with Gasteiger partial charge in [0.25, 0.3) is 0 Å². The van der Waals surface area contributed by atoms with Gasteiger partial charge in [-0.05, 0) is 38.1 Å². The lowest BCUT2D eigenvalue weighted by molar-refractivity contribution is 0.449. The zero-order valence-electron chi connectivity index (χ0n) is 20.8. The molecule has 0 saturated carbocycles. The van der Waals surface area contributed by atoms with E-state index in [0.717, 1.165) is 11.1 Å². The highest BCUT2D eigenvalue weighted by Crippen LogP contribution is 2.31. The first-order valence-electron chi connectivity index (χ1n) is 12.0. The fourth-order valence-corrected chi connectivity index (χ4v) is 4.17. The van der Waals surface area contributed by atoms with Gasteiger partial charge in [0.2, 0.25) is 22.4 Å². The maximum atomic E-state index is 12.2. The highest BCUT2D eigenvalue weighted by molar-refractivity contribution is 5.83. The van der Waals surface area contributed by atoms with Gasteiger partial charge in [0.05, 0.1) is 10.8 Å². The van der Waals surface area contributed by atoms with E-state index >= 15 is 0 Å². The fourth-order valence-electron chi connectivity index (χ4n) is 4.17. The van der Waals surface area contributed by atoms with Crippen LogP contribution in [0.1, 0.15) is 11.1 Å². The number of rotatable bonds is 2. The molecule has 2 heterocycles. The van der Waals surface area contributed by atoms with Crippen LogP contribution in [0.2, 0.25) is 0 Å². The second-order valence-electron chi connectivity index (χ2n) is 8.95. The molecule has 0 aliphatic carbocycles. The Kier molecular flexibility index (Phi) is 6.54. The normalized spacial score (nSPS) is 10.8. The average Bonchev–Trinajstić information content (AvgIpc) is 2.94. The maximum absolute atomic E-state index is 12.2. The van der Waals surface area contributed by atoms with E-state index in [0.29, 0.717) is 33.1 Å². The van der Waals surface area contributed by atoms with Crippen molar-refractivity contribution >= 4 is 21.9 Å². The summed E-state index contributed by atoms with van der Waals surface area (Å²) >= 11 is 0. The van der Waals surface area contributed by atoms with Crippen LogP contribution in [0.25, 0.3) is 44.6 Å². The minimum Gasteiger partial charge on any atom is -0.502 e. The van der Waals surface area contributed by atoms with Gasteiger partial charge < -0.3 is 19.0 Å². The summed E-state index contributed by atoms with van der Waals surface area (Å²) in [7, 11) is 0. The topological polar surface area (TPSA) is 101 Å². The van der Waals surface area contributed by atoms with Crippen LogP contribution in [-0.2, 0) is 0 Å². The zero-order valence-corrected chi connectivity index (χ0v) is 20.8. The SMILES string of the molecule is Cc1ccc2oc(-c3ccccc3)c(O)c(=O)c2c1.Cc1ccc2oc(-c3ccccc3)c(O)c(=O)c2c1. The molecule has 2 aromatic heterocycles. The third kappa shape index (κ3) is 4.67. The van der Waals surface area contributed by atoms with E-state index in [1.807, 2.05) is 62.4 Å². The number of aryl methyl sites for hydroxylation is 2. The molecule has 0 saturated heterocycles. The molecule has 0 aliphatic rings. The van der Waals surface area contributed by atoms with Crippen LogP contribution in [0.5, 0.6) is 11.5 Å². The molecule has 38 heavy (non-hydrogen) atoms. The summed E-state index contributed by atoms with van der Waals surface area (Å²) in [5, 5.41) is 20.9. The number of hydrogen-bond donors (Lipinski definition) is 2. The molecule has 4 aromatic carbocycles. The van der Waals surface area contributed by atoms with Gasteiger partial charge in [-0.3, -0.25) is 9.59 Å². The van der Waals surface area contributed by atoms with E-state index in [1.165, 1.54) is 0 Å². The molecule has 0 aliphatic heterocycles. The first kappa shape index (κ1) is 24.6. The fraction of sp³-hybridized carbons (Fsp3) is 0.0625. The van der Waals surface area contributed by atoms with Crippen molar-refractivity contribution in [2.75, 3.05) is 0 Å². The third-order valence-corrected chi connectivity index (χ3v) is 6.12. The molecule has 0 amide bonds. The summed E-state index contributed by atoms with van der Waals surface area (Å²) in [6.45, 7) is 3.78. The van der Waals surface area contributed by atoms with E-state index in [1.54, 1.807) is 48.5 Å². The van der Waals surface area contributed by atoms with Gasteiger partial charge in [-0.15, -0.1) is 0 Å². The molecule has 2 N–H and O–H groups in total. The van der Waals surface area contributed by atoms with Crippen molar-refractivity contribution in [3.05, 3.63) is 129 Å². The Morgan fingerprint density at radius 3 is 1.26 bits per heavy atom. The molecule has 6 aromatic rings. The predicted molar refractivity (Wildman–Crippen MR) is 149 cm³/mol. The summed E-state index contributed by atoms with van der Waals surface area (Å²) in [5.74, 6) is -0.266. The predicted octanol–water partition coefficient (Wildman–Crippen LogP) is 6.95. The van der Waals surface area contributed by atoms with E-state index in [9.17, 15) is 19.8 Å². The molecular formula is C32H24O6. The molecule has 0 unspecified atom stereocenters. The van der Waals surface area contributed by atoms with Crippen LogP contribution in [0.15, 0.2) is 115 Å². The minimum atomic E-state index is -0.399. The number of hydrogen-bond acceptors (Lipinski definition) is 6. The Balaban J connectivity index is 0.000000155. The summed E-state index contributed by atoms with van der Waals surface area (Å²) in [4.78, 5) is 24.3. The lowest BCUT2D eigenvalue weighted by Gasteiger charge is -2.06. The van der Waals surface area contributed by atoms with E-state index < -0.39 is 10.9 Å². The molecule has 188 valence electrons. The van der Waals surface area contributed by atoms with Crippen molar-refractivity contribution < 1.29 is 19.0 Å². The first-order chi connectivity index (χ1) is 18.3. The average molecular weight is 505 g/mol. The highest BCUT2D eigenvalue weighted by Gasteiger charge is 2.16. The minimum absolute atomic E-state index is 0.210. The van der Waals surface area contributed by atoms with Crippen molar-refractivity contribution in [2.45, 2.75) is 13.8 Å². The molecule has 0 bridgehead atoms. The molecular weight excluding hydrogens is 480 g/mol. The number of fused-ring (bicyclic) bond motifs is 2. The molecule has 0 spiro atoms. The summed E-state index contributed by atoms with van der Waals surface area (Å²) < 4.78 is 11.3. The molecule has 0 radical (unpaired) electrons. The zero-order chi connectivity index (χ0) is 26.8. The van der Waals surface area contributed by atoms with Gasteiger partial charge in [0, 0.05) is 11.1 Å². The molecule has 0 fully saturated rings.